The van der Waals surface area contributed by atoms with Crippen molar-refractivity contribution in [3.63, 3.8) is 0 Å². The van der Waals surface area contributed by atoms with Crippen molar-refractivity contribution in [3.05, 3.63) is 53.4 Å². The summed E-state index contributed by atoms with van der Waals surface area (Å²) in [6.07, 6.45) is 10.1. The smallest absolute Gasteiger partial charge is 0.0640 e. The number of aromatic nitrogens is 4. The monoisotopic (exact) mass is 990 g/mol. The summed E-state index contributed by atoms with van der Waals surface area (Å²) in [5.74, 6) is 0. The summed E-state index contributed by atoms with van der Waals surface area (Å²) in [6, 6.07) is 0. The van der Waals surface area contributed by atoms with Crippen LogP contribution >= 0.6 is 0 Å². The van der Waals surface area contributed by atoms with Crippen molar-refractivity contribution in [2.45, 2.75) is 163 Å². The van der Waals surface area contributed by atoms with Crippen LogP contribution in [0.25, 0.3) is 5.32 Å². The predicted octanol–water partition coefficient (Wildman–Crippen LogP) is 11.7. The van der Waals surface area contributed by atoms with E-state index in [0.29, 0.717) is 21.7 Å². The van der Waals surface area contributed by atoms with E-state index in [9.17, 15) is 0 Å². The first kappa shape index (κ1) is 63.3. The summed E-state index contributed by atoms with van der Waals surface area (Å²) in [7, 11) is 1.73. The van der Waals surface area contributed by atoms with Gasteiger partial charge in [-0.25, -0.2) is 0 Å². The number of hydrogen-bond donors (Lipinski definition) is 0. The molecule has 0 aromatic carbocycles. The molecular weight excluding hydrogens is 893 g/mol. The third-order valence-corrected chi connectivity index (χ3v) is 8.17. The Bertz CT molecular complexity index is 1180. The van der Waals surface area contributed by atoms with E-state index in [1.54, 1.807) is 31.9 Å². The first-order chi connectivity index (χ1) is 25.4. The maximum Gasteiger partial charge on any atom is 0.0640 e. The summed E-state index contributed by atoms with van der Waals surface area (Å²) in [4.78, 5) is 21.6. The van der Waals surface area contributed by atoms with E-state index in [1.807, 2.05) is 13.1 Å². The van der Waals surface area contributed by atoms with Gasteiger partial charge in [-0.15, -0.1) is 13.1 Å². The molecule has 0 unspecified atom stereocenters. The second kappa shape index (κ2) is 30.6. The molecule has 4 heterocycles. The van der Waals surface area contributed by atoms with Gasteiger partial charge in [0.25, 0.3) is 0 Å². The van der Waals surface area contributed by atoms with Crippen LogP contribution in [0.2, 0.25) is 0 Å². The molecule has 343 valence electrons. The molecule has 0 amide bonds. The summed E-state index contributed by atoms with van der Waals surface area (Å²) >= 11 is 0. The molecule has 2 aliphatic heterocycles. The quantitative estimate of drug-likeness (QED) is 0.300. The Balaban J connectivity index is -0.000000304. The van der Waals surface area contributed by atoms with Crippen molar-refractivity contribution >= 4 is 0 Å². The van der Waals surface area contributed by atoms with Crippen LogP contribution in [0, 0.1) is 28.6 Å². The third-order valence-electron chi connectivity index (χ3n) is 8.17. The van der Waals surface area contributed by atoms with Gasteiger partial charge in [0.15, 0.2) is 0 Å². The molecule has 4 rings (SSSR count). The van der Waals surface area contributed by atoms with E-state index in [4.69, 9.17) is 9.47 Å². The number of nitrogens with zero attached hydrogens (tertiary/aromatic N) is 7. The Morgan fingerprint density at radius 2 is 1.03 bits per heavy atom. The maximum absolute atomic E-state index is 5.27. The first-order valence-corrected chi connectivity index (χ1v) is 21.1. The molecule has 0 bridgehead atoms. The molecule has 58 heavy (non-hydrogen) atoms. The summed E-state index contributed by atoms with van der Waals surface area (Å²) in [5.41, 5.74) is 5.02. The molecule has 2 aromatic heterocycles. The summed E-state index contributed by atoms with van der Waals surface area (Å²) < 4.78 is 10.2. The second-order valence-electron chi connectivity index (χ2n) is 22.0. The molecular formula is C48H96N7O2Re-. The van der Waals surface area contributed by atoms with E-state index in [1.165, 1.54) is 19.5 Å². The Morgan fingerprint density at radius 1 is 0.603 bits per heavy atom. The Kier molecular flexibility index (Phi) is 33.4. The molecule has 0 N–H and O–H groups in total. The van der Waals surface area contributed by atoms with E-state index in [-0.39, 0.29) is 38.7 Å². The molecule has 2 aromatic rings. The summed E-state index contributed by atoms with van der Waals surface area (Å²) in [5, 5.41) is 4.32. The van der Waals surface area contributed by atoms with Crippen LogP contribution in [0.4, 0.5) is 0 Å². The molecule has 2 fully saturated rings. The molecule has 9 nitrogen and oxygen atoms in total. The minimum atomic E-state index is 0. The zero-order chi connectivity index (χ0) is 43.9. The van der Waals surface area contributed by atoms with Crippen LogP contribution in [-0.2, 0) is 40.7 Å². The Hall–Kier alpha value is -1.38. The van der Waals surface area contributed by atoms with Crippen molar-refractivity contribution < 1.29 is 29.9 Å². The van der Waals surface area contributed by atoms with Crippen LogP contribution < -0.4 is 0 Å². The fourth-order valence-electron chi connectivity index (χ4n) is 4.81. The van der Waals surface area contributed by atoms with Gasteiger partial charge in [-0.2, -0.15) is 0 Å². The molecule has 2 aliphatic rings. The standard InChI is InChI=1S/C9H14N2.C9H19N2.C9H19NO.C8H12N2.C6H14O.C6H14.CH4.Re/c1-7-5-11-8(6-10-7)9(2,3)4;1-9(2,3)8-11-6-4-10-5-7-11;1-9(2,3)8-10-4-6-11-7-5-10;1-8(2,3)7-6-9-4-5-10-7;1-6(2,3)5-7-4;1-5-6(2,3)4;;/h5-6H,1-4H3;2*4-8H2,1-3H3;4-6H,1-3H3;5H2,1-4H3;5H2,1-4H3;1H4;/q;-1;;;;;;. The molecule has 2 saturated heterocycles. The number of ether oxygens (including phenoxy) is 2. The van der Waals surface area contributed by atoms with Gasteiger partial charge in [-0.1, -0.05) is 145 Å². The average molecular weight is 990 g/mol. The van der Waals surface area contributed by atoms with E-state index in [0.717, 1.165) is 76.2 Å². The molecule has 0 aliphatic carbocycles. The van der Waals surface area contributed by atoms with Crippen LogP contribution in [0.3, 0.4) is 0 Å². The van der Waals surface area contributed by atoms with Crippen molar-refractivity contribution in [2.24, 2.45) is 21.7 Å². The van der Waals surface area contributed by atoms with Crippen LogP contribution in [0.5, 0.6) is 0 Å². The van der Waals surface area contributed by atoms with Crippen molar-refractivity contribution in [1.29, 1.82) is 0 Å². The maximum atomic E-state index is 5.27. The Labute approximate surface area is 375 Å². The predicted molar refractivity (Wildman–Crippen MR) is 250 cm³/mol. The fourth-order valence-corrected chi connectivity index (χ4v) is 4.81. The zero-order valence-corrected chi connectivity index (χ0v) is 43.9. The number of rotatable bonds is 3. The van der Waals surface area contributed by atoms with E-state index in [2.05, 4.69) is 167 Å². The molecule has 10 heteroatoms. The van der Waals surface area contributed by atoms with Crippen molar-refractivity contribution in [3.8, 4) is 0 Å². The number of hydrogen-bond acceptors (Lipinski definition) is 8. The van der Waals surface area contributed by atoms with Crippen molar-refractivity contribution in [2.75, 3.05) is 79.3 Å². The fraction of sp³-hybridized carbons (Fsp3) is 0.833. The van der Waals surface area contributed by atoms with E-state index >= 15 is 0 Å². The number of piperazine rings is 1. The Morgan fingerprint density at radius 3 is 1.31 bits per heavy atom. The minimum absolute atomic E-state index is 0. The largest absolute Gasteiger partial charge is 0.660 e. The third kappa shape index (κ3) is 41.4. The van der Waals surface area contributed by atoms with Gasteiger partial charge in [0.2, 0.25) is 0 Å². The van der Waals surface area contributed by atoms with Crippen LogP contribution in [-0.4, -0.2) is 109 Å². The molecule has 0 saturated carbocycles. The minimum Gasteiger partial charge on any atom is -0.660 e. The van der Waals surface area contributed by atoms with Gasteiger partial charge < -0.3 is 19.7 Å². The normalized spacial score (nSPS) is 15.3. The van der Waals surface area contributed by atoms with Crippen LogP contribution in [0.1, 0.15) is 162 Å². The summed E-state index contributed by atoms with van der Waals surface area (Å²) in [6.45, 7) is 55.5. The van der Waals surface area contributed by atoms with Gasteiger partial charge in [-0.05, 0) is 41.7 Å². The first-order valence-electron chi connectivity index (χ1n) is 21.1. The second-order valence-corrected chi connectivity index (χ2v) is 22.0. The van der Waals surface area contributed by atoms with Gasteiger partial charge in [0.1, 0.15) is 0 Å². The zero-order valence-electron chi connectivity index (χ0n) is 41.2. The van der Waals surface area contributed by atoms with Gasteiger partial charge in [0, 0.05) is 95.5 Å². The molecule has 0 atom stereocenters. The van der Waals surface area contributed by atoms with Gasteiger partial charge in [-0.3, -0.25) is 24.8 Å². The van der Waals surface area contributed by atoms with E-state index < -0.39 is 0 Å². The van der Waals surface area contributed by atoms with Crippen LogP contribution in [0.15, 0.2) is 31.0 Å². The SMILES string of the molecule is C.CC(C)(C)CN1CCOCC1.CC(C)(C)CN1CC[N-]CC1.CC(C)(C)c1cnccn1.CCC(C)(C)C.COCC(C)(C)C.Cc1cnc(C(C)(C)C)cn1.[Re]. The van der Waals surface area contributed by atoms with Crippen molar-refractivity contribution in [1.82, 2.24) is 29.7 Å². The van der Waals surface area contributed by atoms with Gasteiger partial charge in [0.05, 0.1) is 36.9 Å². The molecule has 0 spiro atoms. The topological polar surface area (TPSA) is 90.6 Å². The number of morpholine rings is 1. The number of aryl methyl sites for hydroxylation is 1. The van der Waals surface area contributed by atoms with Gasteiger partial charge >= 0.3 is 0 Å². The average Bonchev–Trinajstić information content (AvgIpc) is 3.05. The number of methoxy groups -OCH3 is 1. The molecule has 1 radical (unpaired) electrons.